The van der Waals surface area contributed by atoms with Crippen LogP contribution in [0.4, 0.5) is 0 Å². The van der Waals surface area contributed by atoms with Crippen molar-refractivity contribution in [3.05, 3.63) is 23.3 Å². The summed E-state index contributed by atoms with van der Waals surface area (Å²) >= 11 is 0. The topological polar surface area (TPSA) is 9.23 Å². The Hall–Kier alpha value is -0.560. The van der Waals surface area contributed by atoms with Crippen molar-refractivity contribution >= 4 is 0 Å². The van der Waals surface area contributed by atoms with E-state index in [9.17, 15) is 0 Å². The molecule has 1 unspecified atom stereocenters. The van der Waals surface area contributed by atoms with E-state index in [-0.39, 0.29) is 0 Å². The minimum absolute atomic E-state index is 0.778. The molecule has 1 fully saturated rings. The van der Waals surface area contributed by atoms with Gasteiger partial charge in [-0.3, -0.25) is 0 Å². The van der Waals surface area contributed by atoms with Crippen molar-refractivity contribution in [2.45, 2.75) is 12.8 Å². The molecule has 1 saturated carbocycles. The van der Waals surface area contributed by atoms with E-state index < -0.39 is 0 Å². The third-order valence-electron chi connectivity index (χ3n) is 2.44. The van der Waals surface area contributed by atoms with Gasteiger partial charge < -0.3 is 4.74 Å². The van der Waals surface area contributed by atoms with Gasteiger partial charge in [-0.2, -0.15) is 0 Å². The Morgan fingerprint density at radius 3 is 3.00 bits per heavy atom. The second-order valence-electron chi connectivity index (χ2n) is 3.01. The maximum atomic E-state index is 5.08. The Morgan fingerprint density at radius 2 is 2.50 bits per heavy atom. The maximum absolute atomic E-state index is 5.08. The number of methoxy groups -OCH3 is 1. The van der Waals surface area contributed by atoms with Gasteiger partial charge in [0.15, 0.2) is 0 Å². The average molecular weight is 136 g/mol. The van der Waals surface area contributed by atoms with Gasteiger partial charge in [-0.1, -0.05) is 17.7 Å². The molecule has 0 aromatic heterocycles. The predicted molar refractivity (Wildman–Crippen MR) is 40.8 cm³/mol. The van der Waals surface area contributed by atoms with Crippen LogP contribution in [0.3, 0.4) is 0 Å². The van der Waals surface area contributed by atoms with Gasteiger partial charge in [0.1, 0.15) is 0 Å². The lowest BCUT2D eigenvalue weighted by Gasteiger charge is -2.27. The lowest BCUT2D eigenvalue weighted by atomic mass is 9.78. The zero-order valence-electron chi connectivity index (χ0n) is 6.26. The highest BCUT2D eigenvalue weighted by Crippen LogP contribution is 2.42. The molecule has 1 atom stereocenters. The molecule has 0 bridgehead atoms. The third kappa shape index (κ3) is 0.739. The van der Waals surface area contributed by atoms with E-state index in [0.717, 1.165) is 12.5 Å². The Kier molecular flexibility index (Phi) is 1.38. The van der Waals surface area contributed by atoms with Gasteiger partial charge in [0.25, 0.3) is 0 Å². The molecule has 0 aromatic rings. The molecule has 0 saturated heterocycles. The first-order valence-electron chi connectivity index (χ1n) is 3.80. The van der Waals surface area contributed by atoms with Crippen LogP contribution in [0, 0.1) is 5.92 Å². The Balaban J connectivity index is 2.02. The van der Waals surface area contributed by atoms with E-state index in [1.54, 1.807) is 12.7 Å². The van der Waals surface area contributed by atoms with Crippen molar-refractivity contribution < 1.29 is 4.74 Å². The first-order chi connectivity index (χ1) is 4.92. The van der Waals surface area contributed by atoms with E-state index >= 15 is 0 Å². The number of hydrogen-bond acceptors (Lipinski definition) is 1. The Morgan fingerprint density at radius 1 is 1.60 bits per heavy atom. The highest BCUT2D eigenvalue weighted by atomic mass is 16.5. The van der Waals surface area contributed by atoms with Crippen LogP contribution >= 0.6 is 0 Å². The highest BCUT2D eigenvalue weighted by molar-refractivity contribution is 5.39. The fourth-order valence-electron chi connectivity index (χ4n) is 1.72. The molecule has 0 spiro atoms. The molecule has 0 N–H and O–H groups in total. The van der Waals surface area contributed by atoms with Crippen molar-refractivity contribution in [2.75, 3.05) is 13.7 Å². The van der Waals surface area contributed by atoms with Crippen LogP contribution in [0.15, 0.2) is 23.3 Å². The number of hydrogen-bond donors (Lipinski definition) is 0. The van der Waals surface area contributed by atoms with Gasteiger partial charge in [0.05, 0.1) is 6.61 Å². The number of allylic oxidation sites excluding steroid dienone is 3. The second-order valence-corrected chi connectivity index (χ2v) is 3.01. The molecule has 2 rings (SSSR count). The van der Waals surface area contributed by atoms with E-state index in [1.807, 2.05) is 0 Å². The van der Waals surface area contributed by atoms with E-state index in [1.165, 1.54) is 18.4 Å². The van der Waals surface area contributed by atoms with Crippen molar-refractivity contribution in [2.24, 2.45) is 5.92 Å². The summed E-state index contributed by atoms with van der Waals surface area (Å²) in [4.78, 5) is 0. The molecule has 0 radical (unpaired) electrons. The molecule has 2 aliphatic rings. The summed E-state index contributed by atoms with van der Waals surface area (Å²) < 4.78 is 5.08. The minimum Gasteiger partial charge on any atom is -0.380 e. The number of fused-ring (bicyclic) bond motifs is 1. The highest BCUT2D eigenvalue weighted by Gasteiger charge is 2.29. The molecule has 1 nitrogen and oxygen atoms in total. The summed E-state index contributed by atoms with van der Waals surface area (Å²) in [6.45, 7) is 0.824. The lowest BCUT2D eigenvalue weighted by molar-refractivity contribution is 0.215. The van der Waals surface area contributed by atoms with Gasteiger partial charge in [0, 0.05) is 13.0 Å². The molecule has 0 heterocycles. The van der Waals surface area contributed by atoms with E-state index in [4.69, 9.17) is 4.74 Å². The SMILES string of the molecule is COCC1=CC=C2CCC21. The van der Waals surface area contributed by atoms with Crippen LogP contribution in [0.25, 0.3) is 0 Å². The molecule has 54 valence electrons. The average Bonchev–Trinajstić information content (AvgIpc) is 2.08. The van der Waals surface area contributed by atoms with Crippen molar-refractivity contribution in [1.82, 2.24) is 0 Å². The molecule has 0 aliphatic heterocycles. The summed E-state index contributed by atoms with van der Waals surface area (Å²) in [5, 5.41) is 0. The van der Waals surface area contributed by atoms with Gasteiger partial charge in [-0.15, -0.1) is 0 Å². The van der Waals surface area contributed by atoms with Crippen molar-refractivity contribution in [3.8, 4) is 0 Å². The normalized spacial score (nSPS) is 28.7. The zero-order valence-corrected chi connectivity index (χ0v) is 6.26. The quantitative estimate of drug-likeness (QED) is 0.563. The van der Waals surface area contributed by atoms with Crippen LogP contribution < -0.4 is 0 Å². The predicted octanol–water partition coefficient (Wildman–Crippen LogP) is 1.91. The van der Waals surface area contributed by atoms with Crippen LogP contribution in [0.5, 0.6) is 0 Å². The fraction of sp³-hybridized carbons (Fsp3) is 0.556. The molecular formula is C9H12O. The van der Waals surface area contributed by atoms with Crippen molar-refractivity contribution in [3.63, 3.8) is 0 Å². The number of ether oxygens (including phenoxy) is 1. The van der Waals surface area contributed by atoms with Gasteiger partial charge in [0.2, 0.25) is 0 Å². The first kappa shape index (κ1) is 6.17. The summed E-state index contributed by atoms with van der Waals surface area (Å²) in [6.07, 6.45) is 7.13. The van der Waals surface area contributed by atoms with Crippen LogP contribution in [-0.4, -0.2) is 13.7 Å². The molecule has 1 heteroatoms. The minimum atomic E-state index is 0.778. The van der Waals surface area contributed by atoms with Gasteiger partial charge in [-0.05, 0) is 18.4 Å². The molecule has 0 aromatic carbocycles. The summed E-state index contributed by atoms with van der Waals surface area (Å²) in [6, 6.07) is 0. The first-order valence-corrected chi connectivity index (χ1v) is 3.80. The maximum Gasteiger partial charge on any atom is 0.0681 e. The summed E-state index contributed by atoms with van der Waals surface area (Å²) in [5.41, 5.74) is 3.09. The lowest BCUT2D eigenvalue weighted by Crippen LogP contribution is -2.16. The number of rotatable bonds is 2. The summed E-state index contributed by atoms with van der Waals surface area (Å²) in [7, 11) is 1.76. The molecule has 10 heavy (non-hydrogen) atoms. The van der Waals surface area contributed by atoms with Crippen LogP contribution in [0.2, 0.25) is 0 Å². The van der Waals surface area contributed by atoms with E-state index in [2.05, 4.69) is 12.2 Å². The smallest absolute Gasteiger partial charge is 0.0681 e. The standard InChI is InChI=1S/C9H12O/c1-10-6-8-3-2-7-4-5-9(7)8/h2-3,9H,4-6H2,1H3. The monoisotopic (exact) mass is 136 g/mol. The second kappa shape index (κ2) is 2.24. The van der Waals surface area contributed by atoms with Gasteiger partial charge >= 0.3 is 0 Å². The Labute approximate surface area is 61.4 Å². The van der Waals surface area contributed by atoms with Gasteiger partial charge in [-0.25, -0.2) is 0 Å². The van der Waals surface area contributed by atoms with Crippen LogP contribution in [-0.2, 0) is 4.74 Å². The fourth-order valence-corrected chi connectivity index (χ4v) is 1.72. The summed E-state index contributed by atoms with van der Waals surface area (Å²) in [5.74, 6) is 0.778. The molecule has 2 aliphatic carbocycles. The van der Waals surface area contributed by atoms with Crippen molar-refractivity contribution in [1.29, 1.82) is 0 Å². The van der Waals surface area contributed by atoms with E-state index in [0.29, 0.717) is 0 Å². The zero-order chi connectivity index (χ0) is 6.97. The van der Waals surface area contributed by atoms with Crippen LogP contribution in [0.1, 0.15) is 12.8 Å². The molecule has 0 amide bonds. The third-order valence-corrected chi connectivity index (χ3v) is 2.44. The molecular weight excluding hydrogens is 124 g/mol. The largest absolute Gasteiger partial charge is 0.380 e. The Bertz CT molecular complexity index is 201.